The number of sulfone groups is 1. The van der Waals surface area contributed by atoms with Crippen LogP contribution in [0.25, 0.3) is 0 Å². The van der Waals surface area contributed by atoms with E-state index < -0.39 is 26.5 Å². The maximum absolute atomic E-state index is 12.9. The van der Waals surface area contributed by atoms with Crippen LogP contribution in [0.2, 0.25) is 0 Å². The van der Waals surface area contributed by atoms with Crippen LogP contribution >= 0.6 is 0 Å². The number of hydrogen-bond acceptors (Lipinski definition) is 5. The first-order valence-electron chi connectivity index (χ1n) is 8.16. The Morgan fingerprint density at radius 3 is 2.29 bits per heavy atom. The molecule has 0 aliphatic carbocycles. The summed E-state index contributed by atoms with van der Waals surface area (Å²) in [6.45, 7) is 5.77. The maximum Gasteiger partial charge on any atom is 0.310 e. The molecule has 0 bridgehead atoms. The molecule has 0 radical (unpaired) electrons. The maximum atomic E-state index is 12.9. The smallest absolute Gasteiger partial charge is 0.310 e. The molecule has 1 aromatic carbocycles. The lowest BCUT2D eigenvalue weighted by atomic mass is 10.0. The largest absolute Gasteiger partial charge is 0.466 e. The molecular weight excluding hydrogens is 326 g/mol. The summed E-state index contributed by atoms with van der Waals surface area (Å²) in [4.78, 5) is 14.1. The number of hydrogen-bond donors (Lipinski definition) is 0. The first-order chi connectivity index (χ1) is 11.1. The van der Waals surface area contributed by atoms with E-state index in [4.69, 9.17) is 4.74 Å². The molecule has 5 nitrogen and oxygen atoms in total. The van der Waals surface area contributed by atoms with Crippen LogP contribution in [-0.4, -0.2) is 57.0 Å². The number of ether oxygens (including phenoxy) is 1. The second-order valence-electron chi connectivity index (χ2n) is 6.92. The SMILES string of the molecule is CCOC(=O)C(Cc1ccccc1)CS(=O)(=O)C(C)(C)CN(C)C. The second-order valence-corrected chi connectivity index (χ2v) is 9.59. The molecule has 0 aromatic heterocycles. The zero-order valence-corrected chi connectivity index (χ0v) is 16.1. The van der Waals surface area contributed by atoms with Gasteiger partial charge in [-0.15, -0.1) is 0 Å². The van der Waals surface area contributed by atoms with Crippen molar-refractivity contribution in [2.75, 3.05) is 33.0 Å². The summed E-state index contributed by atoms with van der Waals surface area (Å²) in [5, 5.41) is 0. The molecule has 1 rings (SSSR count). The molecule has 136 valence electrons. The monoisotopic (exact) mass is 355 g/mol. The number of rotatable bonds is 9. The molecule has 0 heterocycles. The highest BCUT2D eigenvalue weighted by atomic mass is 32.2. The number of nitrogens with zero attached hydrogens (tertiary/aromatic N) is 1. The van der Waals surface area contributed by atoms with Crippen LogP contribution in [0.4, 0.5) is 0 Å². The van der Waals surface area contributed by atoms with E-state index in [1.54, 1.807) is 20.8 Å². The van der Waals surface area contributed by atoms with Gasteiger partial charge in [0.15, 0.2) is 9.84 Å². The first-order valence-corrected chi connectivity index (χ1v) is 9.82. The third-order valence-electron chi connectivity index (χ3n) is 3.90. The van der Waals surface area contributed by atoms with Crippen LogP contribution in [0, 0.1) is 5.92 Å². The van der Waals surface area contributed by atoms with Crippen molar-refractivity contribution >= 4 is 15.8 Å². The molecule has 0 saturated heterocycles. The number of carbonyl (C=O) groups excluding carboxylic acids is 1. The minimum atomic E-state index is -3.48. The van der Waals surface area contributed by atoms with E-state index >= 15 is 0 Å². The average molecular weight is 356 g/mol. The zero-order valence-electron chi connectivity index (χ0n) is 15.3. The van der Waals surface area contributed by atoms with E-state index in [0.29, 0.717) is 13.0 Å². The van der Waals surface area contributed by atoms with Gasteiger partial charge in [0.25, 0.3) is 0 Å². The van der Waals surface area contributed by atoms with Crippen LogP contribution in [0.1, 0.15) is 26.3 Å². The molecule has 6 heteroatoms. The van der Waals surface area contributed by atoms with Crippen molar-refractivity contribution in [3.63, 3.8) is 0 Å². The highest BCUT2D eigenvalue weighted by Crippen LogP contribution is 2.23. The van der Waals surface area contributed by atoms with Crippen molar-refractivity contribution in [2.45, 2.75) is 31.9 Å². The summed E-state index contributed by atoms with van der Waals surface area (Å²) in [6, 6.07) is 9.43. The van der Waals surface area contributed by atoms with Crippen molar-refractivity contribution < 1.29 is 17.9 Å². The summed E-state index contributed by atoms with van der Waals surface area (Å²) >= 11 is 0. The fraction of sp³-hybridized carbons (Fsp3) is 0.611. The molecule has 0 aliphatic rings. The van der Waals surface area contributed by atoms with E-state index in [9.17, 15) is 13.2 Å². The van der Waals surface area contributed by atoms with Gasteiger partial charge in [0.05, 0.1) is 23.0 Å². The number of carbonyl (C=O) groups is 1. The molecule has 1 atom stereocenters. The minimum Gasteiger partial charge on any atom is -0.466 e. The van der Waals surface area contributed by atoms with Gasteiger partial charge in [0.1, 0.15) is 0 Å². The average Bonchev–Trinajstić information content (AvgIpc) is 2.46. The molecule has 0 amide bonds. The summed E-state index contributed by atoms with van der Waals surface area (Å²) in [6.07, 6.45) is 0.358. The molecular formula is C18H29NO4S. The number of benzene rings is 1. The Morgan fingerprint density at radius 2 is 1.79 bits per heavy atom. The number of esters is 1. The van der Waals surface area contributed by atoms with Gasteiger partial charge in [0, 0.05) is 6.54 Å². The Labute approximate surface area is 145 Å². The van der Waals surface area contributed by atoms with Crippen LogP contribution < -0.4 is 0 Å². The van der Waals surface area contributed by atoms with Gasteiger partial charge in [-0.2, -0.15) is 0 Å². The molecule has 24 heavy (non-hydrogen) atoms. The van der Waals surface area contributed by atoms with Crippen molar-refractivity contribution in [1.29, 1.82) is 0 Å². The summed E-state index contributed by atoms with van der Waals surface area (Å²) in [5.74, 6) is -1.36. The quantitative estimate of drug-likeness (QED) is 0.635. The lowest BCUT2D eigenvalue weighted by molar-refractivity contribution is -0.147. The van der Waals surface area contributed by atoms with Gasteiger partial charge in [-0.1, -0.05) is 30.3 Å². The van der Waals surface area contributed by atoms with E-state index in [1.165, 1.54) is 0 Å². The Balaban J connectivity index is 3.01. The lowest BCUT2D eigenvalue weighted by Gasteiger charge is -2.29. The predicted molar refractivity (Wildman–Crippen MR) is 96.7 cm³/mol. The molecule has 0 saturated carbocycles. The van der Waals surface area contributed by atoms with Gasteiger partial charge in [-0.3, -0.25) is 4.79 Å². The van der Waals surface area contributed by atoms with Gasteiger partial charge < -0.3 is 9.64 Å². The first kappa shape index (κ1) is 20.6. The van der Waals surface area contributed by atoms with Gasteiger partial charge in [-0.25, -0.2) is 8.42 Å². The van der Waals surface area contributed by atoms with E-state index in [2.05, 4.69) is 0 Å². The standard InChI is InChI=1S/C18H29NO4S/c1-6-23-17(20)16(12-15-10-8-7-9-11-15)13-24(21,22)18(2,3)14-19(4)5/h7-11,16H,6,12-14H2,1-5H3. The third kappa shape index (κ3) is 5.91. The Kier molecular flexibility index (Phi) is 7.42. The molecule has 0 N–H and O–H groups in total. The highest BCUT2D eigenvalue weighted by Gasteiger charge is 2.38. The fourth-order valence-corrected chi connectivity index (χ4v) is 4.41. The van der Waals surface area contributed by atoms with Gasteiger partial charge in [0.2, 0.25) is 0 Å². The van der Waals surface area contributed by atoms with Crippen LogP contribution in [0.3, 0.4) is 0 Å². The van der Waals surface area contributed by atoms with E-state index in [1.807, 2.05) is 49.3 Å². The predicted octanol–water partition coefficient (Wildman–Crippen LogP) is 2.16. The Hall–Kier alpha value is -1.40. The summed E-state index contributed by atoms with van der Waals surface area (Å²) in [7, 11) is 0.195. The molecule has 0 spiro atoms. The Bertz CT molecular complexity index is 624. The highest BCUT2D eigenvalue weighted by molar-refractivity contribution is 7.92. The van der Waals surface area contributed by atoms with Crippen molar-refractivity contribution in [2.24, 2.45) is 5.92 Å². The third-order valence-corrected chi connectivity index (χ3v) is 6.56. The van der Waals surface area contributed by atoms with Crippen molar-refractivity contribution in [1.82, 2.24) is 4.90 Å². The Morgan fingerprint density at radius 1 is 1.21 bits per heavy atom. The molecule has 1 unspecified atom stereocenters. The fourth-order valence-electron chi connectivity index (χ4n) is 2.72. The van der Waals surface area contributed by atoms with E-state index in [0.717, 1.165) is 5.56 Å². The topological polar surface area (TPSA) is 63.7 Å². The molecule has 0 fully saturated rings. The van der Waals surface area contributed by atoms with Crippen LogP contribution in [0.5, 0.6) is 0 Å². The summed E-state index contributed by atoms with van der Waals surface area (Å²) in [5.41, 5.74) is 0.927. The summed E-state index contributed by atoms with van der Waals surface area (Å²) < 4.78 is 29.9. The zero-order chi connectivity index (χ0) is 18.4. The minimum absolute atomic E-state index is 0.207. The van der Waals surface area contributed by atoms with Crippen molar-refractivity contribution in [3.8, 4) is 0 Å². The molecule has 0 aliphatic heterocycles. The van der Waals surface area contributed by atoms with Crippen LogP contribution in [0.15, 0.2) is 30.3 Å². The molecule has 1 aromatic rings. The van der Waals surface area contributed by atoms with Crippen molar-refractivity contribution in [3.05, 3.63) is 35.9 Å². The van der Waals surface area contributed by atoms with Gasteiger partial charge >= 0.3 is 5.97 Å². The normalized spacial score (nSPS) is 13.8. The van der Waals surface area contributed by atoms with Gasteiger partial charge in [-0.05, 0) is 46.9 Å². The van der Waals surface area contributed by atoms with E-state index in [-0.39, 0.29) is 12.4 Å². The second kappa shape index (κ2) is 8.62. The van der Waals surface area contributed by atoms with Crippen LogP contribution in [-0.2, 0) is 25.8 Å². The lowest BCUT2D eigenvalue weighted by Crippen LogP contribution is -2.45.